The largest absolute Gasteiger partial charge is 0.327 e. The summed E-state index contributed by atoms with van der Waals surface area (Å²) >= 11 is 1.43. The molecule has 15 heavy (non-hydrogen) atoms. The van der Waals surface area contributed by atoms with Crippen LogP contribution in [0.3, 0.4) is 0 Å². The Morgan fingerprint density at radius 1 is 1.60 bits per heavy atom. The first-order chi connectivity index (χ1) is 6.52. The number of hydrogen-bond acceptors (Lipinski definition) is 3. The molecule has 1 heterocycles. The molecule has 86 valence electrons. The normalized spacial score (nSPS) is 13.8. The summed E-state index contributed by atoms with van der Waals surface area (Å²) < 4.78 is 1.80. The molecular weight excluding hydrogens is 234 g/mol. The fraction of sp³-hybridized carbons (Fsp3) is 0.556. The molecular formula is C9H16ClN3OS. The predicted octanol–water partition coefficient (Wildman–Crippen LogP) is 0.919. The van der Waals surface area contributed by atoms with Crippen LogP contribution in [0.25, 0.3) is 0 Å². The van der Waals surface area contributed by atoms with Gasteiger partial charge in [-0.25, -0.2) is 0 Å². The molecule has 1 aromatic heterocycles. The lowest BCUT2D eigenvalue weighted by Gasteiger charge is -2.09. The summed E-state index contributed by atoms with van der Waals surface area (Å²) in [4.78, 5) is 16.1. The van der Waals surface area contributed by atoms with Gasteiger partial charge < -0.3 is 10.3 Å². The Hall–Kier alpha value is -0.650. The van der Waals surface area contributed by atoms with Crippen LogP contribution in [0.15, 0.2) is 16.6 Å². The Labute approximate surface area is 99.2 Å². The summed E-state index contributed by atoms with van der Waals surface area (Å²) in [6.07, 6.45) is 1.86. The molecule has 0 saturated heterocycles. The highest BCUT2D eigenvalue weighted by molar-refractivity contribution is 7.07. The molecule has 0 saturated carbocycles. The van der Waals surface area contributed by atoms with Gasteiger partial charge in [-0.3, -0.25) is 4.79 Å². The summed E-state index contributed by atoms with van der Waals surface area (Å²) in [7, 11) is 1.85. The summed E-state index contributed by atoms with van der Waals surface area (Å²) in [5, 5.41) is 1.88. The molecule has 0 radical (unpaired) electrons. The molecule has 1 aromatic rings. The van der Waals surface area contributed by atoms with Crippen LogP contribution >= 0.6 is 23.7 Å². The molecule has 0 aromatic carbocycles. The molecule has 1 rings (SSSR count). The van der Waals surface area contributed by atoms with Gasteiger partial charge in [-0.2, -0.15) is 4.99 Å². The van der Waals surface area contributed by atoms with Crippen molar-refractivity contribution < 1.29 is 4.79 Å². The van der Waals surface area contributed by atoms with Gasteiger partial charge in [0, 0.05) is 18.6 Å². The first kappa shape index (κ1) is 14.3. The van der Waals surface area contributed by atoms with Crippen molar-refractivity contribution in [2.24, 2.45) is 23.7 Å². The van der Waals surface area contributed by atoms with E-state index in [1.54, 1.807) is 4.57 Å². The van der Waals surface area contributed by atoms with Gasteiger partial charge in [0.25, 0.3) is 5.91 Å². The van der Waals surface area contributed by atoms with E-state index in [1.807, 2.05) is 32.5 Å². The minimum Gasteiger partial charge on any atom is -0.327 e. The van der Waals surface area contributed by atoms with Crippen LogP contribution in [0.1, 0.15) is 13.8 Å². The maximum absolute atomic E-state index is 11.5. The highest BCUT2D eigenvalue weighted by Crippen LogP contribution is 1.99. The van der Waals surface area contributed by atoms with Crippen LogP contribution in [0.5, 0.6) is 0 Å². The number of rotatable bonds is 2. The smallest absolute Gasteiger partial charge is 0.265 e. The zero-order valence-corrected chi connectivity index (χ0v) is 10.6. The van der Waals surface area contributed by atoms with Gasteiger partial charge in [-0.1, -0.05) is 13.8 Å². The van der Waals surface area contributed by atoms with Crippen LogP contribution in [-0.2, 0) is 11.8 Å². The van der Waals surface area contributed by atoms with Crippen molar-refractivity contribution in [2.75, 3.05) is 0 Å². The van der Waals surface area contributed by atoms with Crippen LogP contribution in [-0.4, -0.2) is 16.5 Å². The number of aryl methyl sites for hydroxylation is 1. The molecule has 0 aliphatic carbocycles. The third-order valence-corrected chi connectivity index (χ3v) is 2.82. The zero-order chi connectivity index (χ0) is 10.7. The molecule has 4 nitrogen and oxygen atoms in total. The second kappa shape index (κ2) is 6.05. The number of hydrogen-bond donors (Lipinski definition) is 1. The van der Waals surface area contributed by atoms with E-state index >= 15 is 0 Å². The Kier molecular flexibility index (Phi) is 5.79. The quantitative estimate of drug-likeness (QED) is 0.847. The van der Waals surface area contributed by atoms with Crippen LogP contribution < -0.4 is 10.5 Å². The van der Waals surface area contributed by atoms with Gasteiger partial charge in [0.2, 0.25) is 0 Å². The average Bonchev–Trinajstić information content (AvgIpc) is 2.50. The monoisotopic (exact) mass is 249 g/mol. The lowest BCUT2D eigenvalue weighted by molar-refractivity contribution is -0.120. The van der Waals surface area contributed by atoms with Gasteiger partial charge in [0.15, 0.2) is 4.80 Å². The summed E-state index contributed by atoms with van der Waals surface area (Å²) in [6.45, 7) is 3.82. The number of carbonyl (C=O) groups is 1. The number of carbonyl (C=O) groups excluding carboxylic acids is 1. The molecule has 2 N–H and O–H groups in total. The van der Waals surface area contributed by atoms with E-state index in [4.69, 9.17) is 5.73 Å². The zero-order valence-electron chi connectivity index (χ0n) is 9.01. The van der Waals surface area contributed by atoms with E-state index in [0.717, 1.165) is 0 Å². The molecule has 0 bridgehead atoms. The van der Waals surface area contributed by atoms with Crippen molar-refractivity contribution >= 4 is 29.7 Å². The van der Waals surface area contributed by atoms with Gasteiger partial charge >= 0.3 is 0 Å². The van der Waals surface area contributed by atoms with E-state index in [9.17, 15) is 4.79 Å². The number of thiazole rings is 1. The lowest BCUT2D eigenvalue weighted by atomic mass is 10.1. The highest BCUT2D eigenvalue weighted by Gasteiger charge is 2.16. The summed E-state index contributed by atoms with van der Waals surface area (Å²) in [5.41, 5.74) is 5.68. The van der Waals surface area contributed by atoms with Crippen molar-refractivity contribution in [3.05, 3.63) is 16.4 Å². The predicted molar refractivity (Wildman–Crippen MR) is 63.9 cm³/mol. The average molecular weight is 250 g/mol. The Bertz CT molecular complexity index is 383. The summed E-state index contributed by atoms with van der Waals surface area (Å²) in [6, 6.07) is -0.503. The van der Waals surface area contributed by atoms with Crippen LogP contribution in [0.2, 0.25) is 0 Å². The first-order valence-corrected chi connectivity index (χ1v) is 5.34. The third kappa shape index (κ3) is 3.77. The minimum absolute atomic E-state index is 0. The van der Waals surface area contributed by atoms with E-state index < -0.39 is 6.04 Å². The Morgan fingerprint density at radius 2 is 2.20 bits per heavy atom. The molecule has 0 fully saturated rings. The molecule has 6 heteroatoms. The third-order valence-electron chi connectivity index (χ3n) is 1.97. The van der Waals surface area contributed by atoms with Crippen molar-refractivity contribution in [1.82, 2.24) is 4.57 Å². The standard InChI is InChI=1S/C9H15N3OS.ClH/c1-6(2)7(10)8(13)11-9-12(3)4-5-14-9;/h4-7H,10H2,1-3H3;1H. The number of nitrogens with two attached hydrogens (primary N) is 1. The molecule has 0 spiro atoms. The van der Waals surface area contributed by atoms with E-state index in [2.05, 4.69) is 4.99 Å². The van der Waals surface area contributed by atoms with Gasteiger partial charge in [-0.15, -0.1) is 23.7 Å². The second-order valence-electron chi connectivity index (χ2n) is 3.52. The van der Waals surface area contributed by atoms with E-state index in [0.29, 0.717) is 4.80 Å². The second-order valence-corrected chi connectivity index (χ2v) is 4.39. The fourth-order valence-electron chi connectivity index (χ4n) is 0.889. The van der Waals surface area contributed by atoms with E-state index in [-0.39, 0.29) is 24.2 Å². The fourth-order valence-corrected chi connectivity index (χ4v) is 1.62. The number of amides is 1. The van der Waals surface area contributed by atoms with Crippen LogP contribution in [0.4, 0.5) is 0 Å². The molecule has 1 atom stereocenters. The van der Waals surface area contributed by atoms with Crippen molar-refractivity contribution in [3.8, 4) is 0 Å². The maximum atomic E-state index is 11.5. The molecule has 1 unspecified atom stereocenters. The maximum Gasteiger partial charge on any atom is 0.265 e. The van der Waals surface area contributed by atoms with Gasteiger partial charge in [-0.05, 0) is 5.92 Å². The lowest BCUT2D eigenvalue weighted by Crippen LogP contribution is -2.35. The topological polar surface area (TPSA) is 60.4 Å². The Morgan fingerprint density at radius 3 is 2.60 bits per heavy atom. The van der Waals surface area contributed by atoms with Crippen LogP contribution in [0, 0.1) is 5.92 Å². The Balaban J connectivity index is 0.00000196. The van der Waals surface area contributed by atoms with Gasteiger partial charge in [0.05, 0.1) is 6.04 Å². The van der Waals surface area contributed by atoms with Crippen molar-refractivity contribution in [2.45, 2.75) is 19.9 Å². The van der Waals surface area contributed by atoms with E-state index in [1.165, 1.54) is 11.3 Å². The first-order valence-electron chi connectivity index (χ1n) is 4.46. The number of nitrogens with zero attached hydrogens (tertiary/aromatic N) is 2. The highest BCUT2D eigenvalue weighted by atomic mass is 35.5. The molecule has 0 aliphatic heterocycles. The molecule has 1 amide bonds. The van der Waals surface area contributed by atoms with Crippen molar-refractivity contribution in [1.29, 1.82) is 0 Å². The number of aromatic nitrogens is 1. The van der Waals surface area contributed by atoms with Gasteiger partial charge in [0.1, 0.15) is 0 Å². The SMILES string of the molecule is CC(C)C(N)C(=O)N=c1sccn1C.Cl. The van der Waals surface area contributed by atoms with Crippen molar-refractivity contribution in [3.63, 3.8) is 0 Å². The summed E-state index contributed by atoms with van der Waals surface area (Å²) in [5.74, 6) is -0.130. The number of halogens is 1. The molecule has 0 aliphatic rings. The minimum atomic E-state index is -0.503.